The summed E-state index contributed by atoms with van der Waals surface area (Å²) in [6.45, 7) is 0. The van der Waals surface area contributed by atoms with Crippen LogP contribution in [0.15, 0.2) is 71.8 Å². The van der Waals surface area contributed by atoms with E-state index in [1.54, 1.807) is 11.8 Å². The van der Waals surface area contributed by atoms with E-state index in [0.29, 0.717) is 0 Å². The zero-order chi connectivity index (χ0) is 14.5. The highest BCUT2D eigenvalue weighted by Crippen LogP contribution is 2.25. The van der Waals surface area contributed by atoms with Crippen molar-refractivity contribution in [3.05, 3.63) is 72.4 Å². The summed E-state index contributed by atoms with van der Waals surface area (Å²) in [4.78, 5) is 5.59. The summed E-state index contributed by atoms with van der Waals surface area (Å²) >= 11 is 1.80. The quantitative estimate of drug-likeness (QED) is 0.429. The monoisotopic (exact) mass is 295 g/mol. The molecule has 3 nitrogen and oxygen atoms in total. The molecule has 0 aliphatic heterocycles. The van der Waals surface area contributed by atoms with Gasteiger partial charge in [0.15, 0.2) is 0 Å². The average Bonchev–Trinajstić information content (AvgIpc) is 2.56. The Morgan fingerprint density at radius 3 is 2.71 bits per heavy atom. The zero-order valence-corrected chi connectivity index (χ0v) is 12.4. The average molecular weight is 295 g/mol. The lowest BCUT2D eigenvalue weighted by molar-refractivity contribution is 0.611. The number of hydrogen-bond acceptors (Lipinski definition) is 4. The van der Waals surface area contributed by atoms with Crippen LogP contribution in [0.25, 0.3) is 10.9 Å². The molecule has 106 valence electrons. The first-order chi connectivity index (χ1) is 10.4. The van der Waals surface area contributed by atoms with E-state index in [1.807, 2.05) is 24.4 Å². The lowest BCUT2D eigenvalue weighted by Crippen LogP contribution is -2.29. The van der Waals surface area contributed by atoms with Crippen molar-refractivity contribution in [2.75, 3.05) is 5.75 Å². The number of rotatable bonds is 5. The van der Waals surface area contributed by atoms with Crippen LogP contribution in [0.2, 0.25) is 0 Å². The minimum atomic E-state index is 0.111. The fraction of sp³-hybridized carbons (Fsp3) is 0.118. The van der Waals surface area contributed by atoms with E-state index in [0.717, 1.165) is 16.7 Å². The first kappa shape index (κ1) is 14.1. The summed E-state index contributed by atoms with van der Waals surface area (Å²) in [6.07, 6.45) is 1.81. The van der Waals surface area contributed by atoms with Crippen LogP contribution in [-0.2, 0) is 0 Å². The van der Waals surface area contributed by atoms with E-state index in [1.165, 1.54) is 10.5 Å². The zero-order valence-electron chi connectivity index (χ0n) is 11.6. The molecular formula is C17H17N3S. The van der Waals surface area contributed by atoms with Crippen molar-refractivity contribution in [3.8, 4) is 0 Å². The smallest absolute Gasteiger partial charge is 0.0702 e. The molecule has 1 atom stereocenters. The first-order valence-corrected chi connectivity index (χ1v) is 7.84. The van der Waals surface area contributed by atoms with E-state index in [-0.39, 0.29) is 6.04 Å². The molecule has 1 unspecified atom stereocenters. The number of nitrogens with one attached hydrogen (secondary N) is 1. The molecular weight excluding hydrogens is 278 g/mol. The van der Waals surface area contributed by atoms with Gasteiger partial charge in [-0.25, -0.2) is 0 Å². The molecule has 0 aliphatic carbocycles. The molecule has 0 amide bonds. The molecule has 0 spiro atoms. The Morgan fingerprint density at radius 2 is 1.90 bits per heavy atom. The second-order valence-electron chi connectivity index (χ2n) is 4.80. The Kier molecular flexibility index (Phi) is 4.50. The number of thioether (sulfide) groups is 1. The molecule has 3 aromatic rings. The molecule has 2 aromatic carbocycles. The number of hydrogen-bond donors (Lipinski definition) is 2. The van der Waals surface area contributed by atoms with Gasteiger partial charge in [-0.15, -0.1) is 11.8 Å². The van der Waals surface area contributed by atoms with Crippen molar-refractivity contribution in [1.82, 2.24) is 10.4 Å². The fourth-order valence-corrected chi connectivity index (χ4v) is 3.25. The predicted molar refractivity (Wildman–Crippen MR) is 89.0 cm³/mol. The van der Waals surface area contributed by atoms with Gasteiger partial charge in [-0.05, 0) is 35.9 Å². The lowest BCUT2D eigenvalue weighted by Gasteiger charge is -2.16. The highest BCUT2D eigenvalue weighted by molar-refractivity contribution is 7.99. The first-order valence-electron chi connectivity index (χ1n) is 6.85. The molecule has 21 heavy (non-hydrogen) atoms. The maximum absolute atomic E-state index is 5.73. The minimum Gasteiger partial charge on any atom is -0.271 e. The topological polar surface area (TPSA) is 50.9 Å². The Labute approximate surface area is 128 Å². The second-order valence-corrected chi connectivity index (χ2v) is 5.89. The standard InChI is InChI=1S/C17H17N3S/c18-20-17(12-21-15-6-2-1-3-7-15)14-8-9-16-13(11-14)5-4-10-19-16/h1-11,17,20H,12,18H2. The van der Waals surface area contributed by atoms with Gasteiger partial charge in [0, 0.05) is 22.2 Å². The second kappa shape index (κ2) is 6.72. The van der Waals surface area contributed by atoms with Gasteiger partial charge in [0.25, 0.3) is 0 Å². The summed E-state index contributed by atoms with van der Waals surface area (Å²) in [5.74, 6) is 6.62. The molecule has 0 saturated heterocycles. The fourth-order valence-electron chi connectivity index (χ4n) is 2.25. The largest absolute Gasteiger partial charge is 0.271 e. The Hall–Kier alpha value is -1.88. The number of nitrogens with two attached hydrogens (primary N) is 1. The summed E-state index contributed by atoms with van der Waals surface area (Å²) in [5.41, 5.74) is 5.10. The van der Waals surface area contributed by atoms with Gasteiger partial charge in [-0.3, -0.25) is 16.3 Å². The molecule has 1 aromatic heterocycles. The molecule has 4 heteroatoms. The third-order valence-electron chi connectivity index (χ3n) is 3.39. The summed E-state index contributed by atoms with van der Waals surface area (Å²) in [6, 6.07) is 20.8. The number of nitrogens with zero attached hydrogens (tertiary/aromatic N) is 1. The number of aromatic nitrogens is 1. The van der Waals surface area contributed by atoms with Crippen LogP contribution in [0.3, 0.4) is 0 Å². The third-order valence-corrected chi connectivity index (χ3v) is 4.50. The van der Waals surface area contributed by atoms with Crippen LogP contribution in [0, 0.1) is 0 Å². The van der Waals surface area contributed by atoms with Crippen LogP contribution in [0.4, 0.5) is 0 Å². The molecule has 0 bridgehead atoms. The van der Waals surface area contributed by atoms with Gasteiger partial charge in [0.05, 0.1) is 11.6 Å². The molecule has 0 saturated carbocycles. The van der Waals surface area contributed by atoms with Gasteiger partial charge in [0.1, 0.15) is 0 Å². The maximum Gasteiger partial charge on any atom is 0.0702 e. The SMILES string of the molecule is NNC(CSc1ccccc1)c1ccc2ncccc2c1. The normalized spacial score (nSPS) is 12.4. The third kappa shape index (κ3) is 3.42. The van der Waals surface area contributed by atoms with E-state index in [2.05, 4.69) is 52.9 Å². The van der Waals surface area contributed by atoms with Crippen molar-refractivity contribution >= 4 is 22.7 Å². The van der Waals surface area contributed by atoms with E-state index in [9.17, 15) is 0 Å². The van der Waals surface area contributed by atoms with Crippen LogP contribution < -0.4 is 11.3 Å². The molecule has 3 N–H and O–H groups in total. The van der Waals surface area contributed by atoms with Gasteiger partial charge < -0.3 is 0 Å². The van der Waals surface area contributed by atoms with Crippen molar-refractivity contribution < 1.29 is 0 Å². The van der Waals surface area contributed by atoms with E-state index >= 15 is 0 Å². The Morgan fingerprint density at radius 1 is 1.05 bits per heavy atom. The highest BCUT2D eigenvalue weighted by Gasteiger charge is 2.11. The van der Waals surface area contributed by atoms with Gasteiger partial charge in [-0.1, -0.05) is 30.3 Å². The van der Waals surface area contributed by atoms with E-state index < -0.39 is 0 Å². The van der Waals surface area contributed by atoms with Gasteiger partial charge >= 0.3 is 0 Å². The number of benzene rings is 2. The molecule has 3 rings (SSSR count). The lowest BCUT2D eigenvalue weighted by atomic mass is 10.1. The van der Waals surface area contributed by atoms with Crippen molar-refractivity contribution in [3.63, 3.8) is 0 Å². The Balaban J connectivity index is 1.78. The highest BCUT2D eigenvalue weighted by atomic mass is 32.2. The summed E-state index contributed by atoms with van der Waals surface area (Å²) in [7, 11) is 0. The number of hydrazine groups is 1. The maximum atomic E-state index is 5.73. The van der Waals surface area contributed by atoms with Crippen LogP contribution in [0.1, 0.15) is 11.6 Å². The molecule has 0 aliphatic rings. The van der Waals surface area contributed by atoms with Crippen LogP contribution in [0.5, 0.6) is 0 Å². The molecule has 1 heterocycles. The predicted octanol–water partition coefficient (Wildman–Crippen LogP) is 3.53. The molecule has 0 fully saturated rings. The van der Waals surface area contributed by atoms with Crippen molar-refractivity contribution in [1.29, 1.82) is 0 Å². The Bertz CT molecular complexity index is 715. The van der Waals surface area contributed by atoms with E-state index in [4.69, 9.17) is 5.84 Å². The van der Waals surface area contributed by atoms with Crippen molar-refractivity contribution in [2.45, 2.75) is 10.9 Å². The van der Waals surface area contributed by atoms with Gasteiger partial charge in [0.2, 0.25) is 0 Å². The van der Waals surface area contributed by atoms with Gasteiger partial charge in [-0.2, -0.15) is 0 Å². The number of fused-ring (bicyclic) bond motifs is 1. The van der Waals surface area contributed by atoms with Crippen molar-refractivity contribution in [2.24, 2.45) is 5.84 Å². The molecule has 0 radical (unpaired) electrons. The number of pyridine rings is 1. The van der Waals surface area contributed by atoms with Crippen LogP contribution in [-0.4, -0.2) is 10.7 Å². The minimum absolute atomic E-state index is 0.111. The van der Waals surface area contributed by atoms with Crippen LogP contribution >= 0.6 is 11.8 Å². The summed E-state index contributed by atoms with van der Waals surface area (Å²) in [5, 5.41) is 1.14. The summed E-state index contributed by atoms with van der Waals surface area (Å²) < 4.78 is 0.